The van der Waals surface area contributed by atoms with Gasteiger partial charge < -0.3 is 20.2 Å². The molecule has 5 rings (SSSR count). The molecule has 3 aromatic heterocycles. The van der Waals surface area contributed by atoms with Crippen molar-refractivity contribution in [3.05, 3.63) is 40.5 Å². The number of hydrogen-bond acceptors (Lipinski definition) is 6. The molecular formula is C23H23N3O3S. The lowest BCUT2D eigenvalue weighted by Crippen LogP contribution is -2.08. The molecule has 1 aliphatic rings. The van der Waals surface area contributed by atoms with Gasteiger partial charge in [0, 0.05) is 39.3 Å². The molecule has 0 saturated carbocycles. The molecule has 6 nitrogen and oxygen atoms in total. The second-order valence-corrected chi connectivity index (χ2v) is 8.48. The van der Waals surface area contributed by atoms with E-state index in [0.29, 0.717) is 17.2 Å². The predicted molar refractivity (Wildman–Crippen MR) is 120 cm³/mol. The molecule has 0 atom stereocenters. The highest BCUT2D eigenvalue weighted by Gasteiger charge is 2.27. The monoisotopic (exact) mass is 421 g/mol. The molecule has 0 spiro atoms. The Morgan fingerprint density at radius 2 is 2.13 bits per heavy atom. The number of fused-ring (bicyclic) bond motifs is 3. The fourth-order valence-corrected chi connectivity index (χ4v) is 5.40. The molecule has 154 valence electrons. The highest BCUT2D eigenvalue weighted by Crippen LogP contribution is 2.46. The Balaban J connectivity index is 1.85. The number of aromatic nitrogens is 2. The highest BCUT2D eigenvalue weighted by atomic mass is 32.1. The van der Waals surface area contributed by atoms with E-state index < -0.39 is 0 Å². The van der Waals surface area contributed by atoms with E-state index in [1.807, 2.05) is 24.4 Å². The summed E-state index contributed by atoms with van der Waals surface area (Å²) in [6, 6.07) is 6.00. The number of carbonyl (C=O) groups is 1. The van der Waals surface area contributed by atoms with Gasteiger partial charge in [-0.25, -0.2) is 9.78 Å². The molecule has 1 aromatic carbocycles. The van der Waals surface area contributed by atoms with E-state index >= 15 is 0 Å². The summed E-state index contributed by atoms with van der Waals surface area (Å²) in [4.78, 5) is 22.0. The molecule has 0 bridgehead atoms. The maximum Gasteiger partial charge on any atom is 0.350 e. The summed E-state index contributed by atoms with van der Waals surface area (Å²) < 4.78 is 10.7. The van der Waals surface area contributed by atoms with Crippen LogP contribution in [0.4, 0.5) is 5.69 Å². The highest BCUT2D eigenvalue weighted by molar-refractivity contribution is 7.21. The van der Waals surface area contributed by atoms with Crippen LogP contribution >= 0.6 is 11.3 Å². The van der Waals surface area contributed by atoms with Crippen LogP contribution in [0.25, 0.3) is 32.2 Å². The summed E-state index contributed by atoms with van der Waals surface area (Å²) >= 11 is 1.32. The number of nitrogens with one attached hydrogen (secondary N) is 1. The molecule has 0 unspecified atom stereocenters. The van der Waals surface area contributed by atoms with Gasteiger partial charge in [0.2, 0.25) is 0 Å². The van der Waals surface area contributed by atoms with E-state index in [4.69, 9.17) is 20.2 Å². The molecule has 0 amide bonds. The topological polar surface area (TPSA) is 90.2 Å². The van der Waals surface area contributed by atoms with Gasteiger partial charge in [-0.3, -0.25) is 0 Å². The number of methoxy groups -OCH3 is 1. The SMILES string of the molecule is CCOC(=O)c1sc2nc3c(c(-c4c[nH]c5ccc(OC)cc45)c2c1N)CCCC3. The van der Waals surface area contributed by atoms with Crippen molar-refractivity contribution in [1.29, 1.82) is 0 Å². The average molecular weight is 422 g/mol. The minimum Gasteiger partial charge on any atom is -0.497 e. The van der Waals surface area contributed by atoms with E-state index in [9.17, 15) is 4.79 Å². The fourth-order valence-electron chi connectivity index (χ4n) is 4.39. The third-order valence-corrected chi connectivity index (χ3v) is 6.85. The zero-order chi connectivity index (χ0) is 20.8. The van der Waals surface area contributed by atoms with Crippen LogP contribution in [0.3, 0.4) is 0 Å². The summed E-state index contributed by atoms with van der Waals surface area (Å²) in [5.74, 6) is 0.413. The number of nitrogen functional groups attached to an aromatic ring is 1. The molecular weight excluding hydrogens is 398 g/mol. The quantitative estimate of drug-likeness (QED) is 0.448. The molecule has 3 N–H and O–H groups in total. The van der Waals surface area contributed by atoms with Crippen LogP contribution in [-0.4, -0.2) is 29.7 Å². The molecule has 0 aliphatic heterocycles. The average Bonchev–Trinajstić information content (AvgIpc) is 3.33. The fraction of sp³-hybridized carbons (Fsp3) is 0.304. The van der Waals surface area contributed by atoms with Crippen LogP contribution < -0.4 is 10.5 Å². The van der Waals surface area contributed by atoms with E-state index in [0.717, 1.165) is 69.4 Å². The normalized spacial score (nSPS) is 13.5. The number of pyridine rings is 1. The second-order valence-electron chi connectivity index (χ2n) is 7.48. The lowest BCUT2D eigenvalue weighted by Gasteiger charge is -2.20. The number of H-pyrrole nitrogens is 1. The Labute approximate surface area is 178 Å². The van der Waals surface area contributed by atoms with Crippen molar-refractivity contribution < 1.29 is 14.3 Å². The zero-order valence-electron chi connectivity index (χ0n) is 17.0. The number of thiophene rings is 1. The van der Waals surface area contributed by atoms with Crippen LogP contribution in [0.15, 0.2) is 24.4 Å². The molecule has 1 aliphatic carbocycles. The van der Waals surface area contributed by atoms with Gasteiger partial charge in [-0.2, -0.15) is 0 Å². The van der Waals surface area contributed by atoms with Crippen molar-refractivity contribution in [1.82, 2.24) is 9.97 Å². The first kappa shape index (κ1) is 18.9. The smallest absolute Gasteiger partial charge is 0.350 e. The number of rotatable bonds is 4. The predicted octanol–water partition coefficient (Wildman–Crippen LogP) is 5.09. The summed E-state index contributed by atoms with van der Waals surface area (Å²) in [6.07, 6.45) is 6.16. The largest absolute Gasteiger partial charge is 0.497 e. The number of benzene rings is 1. The van der Waals surface area contributed by atoms with E-state index in [1.54, 1.807) is 14.0 Å². The van der Waals surface area contributed by atoms with Crippen molar-refractivity contribution in [3.8, 4) is 16.9 Å². The Morgan fingerprint density at radius 3 is 2.93 bits per heavy atom. The van der Waals surface area contributed by atoms with E-state index in [2.05, 4.69) is 4.98 Å². The number of nitrogens with zero attached hydrogens (tertiary/aromatic N) is 1. The standard InChI is InChI=1S/C23H23N3O3S/c1-3-29-23(27)21-20(24)19-18(13-6-4-5-7-17(13)26-22(19)30-21)15-11-25-16-9-8-12(28-2)10-14(15)16/h8-11,25H,3-7,24H2,1-2H3. The summed E-state index contributed by atoms with van der Waals surface area (Å²) in [5.41, 5.74) is 12.5. The van der Waals surface area contributed by atoms with Gasteiger partial charge in [0.1, 0.15) is 15.5 Å². The van der Waals surface area contributed by atoms with E-state index in [1.165, 1.54) is 16.9 Å². The first-order chi connectivity index (χ1) is 14.6. The minimum atomic E-state index is -0.387. The summed E-state index contributed by atoms with van der Waals surface area (Å²) in [6.45, 7) is 2.11. The number of aryl methyl sites for hydroxylation is 1. The zero-order valence-corrected chi connectivity index (χ0v) is 17.8. The molecule has 4 aromatic rings. The molecule has 3 heterocycles. The lowest BCUT2D eigenvalue weighted by atomic mass is 9.87. The van der Waals surface area contributed by atoms with Crippen LogP contribution in [0.1, 0.15) is 40.7 Å². The van der Waals surface area contributed by atoms with Crippen LogP contribution in [0.2, 0.25) is 0 Å². The first-order valence-corrected chi connectivity index (χ1v) is 11.0. The van der Waals surface area contributed by atoms with Crippen LogP contribution in [0, 0.1) is 0 Å². The maximum absolute atomic E-state index is 12.5. The molecule has 0 radical (unpaired) electrons. The van der Waals surface area contributed by atoms with Gasteiger partial charge in [0.15, 0.2) is 0 Å². The Hall–Kier alpha value is -3.06. The molecule has 0 fully saturated rings. The van der Waals surface area contributed by atoms with Crippen molar-refractivity contribution in [2.45, 2.75) is 32.6 Å². The van der Waals surface area contributed by atoms with Gasteiger partial charge in [-0.1, -0.05) is 0 Å². The Kier molecular flexibility index (Phi) is 4.62. The number of hydrogen-bond donors (Lipinski definition) is 2. The molecule has 7 heteroatoms. The Morgan fingerprint density at radius 1 is 1.30 bits per heavy atom. The van der Waals surface area contributed by atoms with Crippen molar-refractivity contribution in [3.63, 3.8) is 0 Å². The number of esters is 1. The number of aromatic amines is 1. The first-order valence-electron chi connectivity index (χ1n) is 10.2. The maximum atomic E-state index is 12.5. The molecule has 30 heavy (non-hydrogen) atoms. The van der Waals surface area contributed by atoms with Gasteiger partial charge in [0.05, 0.1) is 19.4 Å². The van der Waals surface area contributed by atoms with Gasteiger partial charge in [-0.05, 0) is 56.4 Å². The second kappa shape index (κ2) is 7.32. The van der Waals surface area contributed by atoms with Gasteiger partial charge >= 0.3 is 5.97 Å². The number of ether oxygens (including phenoxy) is 2. The van der Waals surface area contributed by atoms with E-state index in [-0.39, 0.29) is 5.97 Å². The number of nitrogens with two attached hydrogens (primary N) is 1. The van der Waals surface area contributed by atoms with Crippen LogP contribution in [0.5, 0.6) is 5.75 Å². The number of anilines is 1. The third kappa shape index (κ3) is 2.84. The lowest BCUT2D eigenvalue weighted by molar-refractivity contribution is 0.0533. The number of carbonyl (C=O) groups excluding carboxylic acids is 1. The van der Waals surface area contributed by atoms with Gasteiger partial charge in [0.25, 0.3) is 0 Å². The van der Waals surface area contributed by atoms with Gasteiger partial charge in [-0.15, -0.1) is 11.3 Å². The summed E-state index contributed by atoms with van der Waals surface area (Å²) in [7, 11) is 1.67. The summed E-state index contributed by atoms with van der Waals surface area (Å²) in [5, 5.41) is 1.92. The minimum absolute atomic E-state index is 0.311. The molecule has 0 saturated heterocycles. The van der Waals surface area contributed by atoms with Crippen molar-refractivity contribution in [2.24, 2.45) is 0 Å². The third-order valence-electron chi connectivity index (χ3n) is 5.77. The van der Waals surface area contributed by atoms with Crippen molar-refractivity contribution >= 4 is 44.1 Å². The Bertz CT molecular complexity index is 1290. The van der Waals surface area contributed by atoms with Crippen LogP contribution in [-0.2, 0) is 17.6 Å². The van der Waals surface area contributed by atoms with Crippen molar-refractivity contribution in [2.75, 3.05) is 19.5 Å².